The van der Waals surface area contributed by atoms with Crippen LogP contribution in [0.5, 0.6) is 28.7 Å². The zero-order valence-electron chi connectivity index (χ0n) is 20.5. The predicted molar refractivity (Wildman–Crippen MR) is 123 cm³/mol. The molecule has 0 bridgehead atoms. The molecule has 8 nitrogen and oxygen atoms in total. The topological polar surface area (TPSA) is 84.8 Å². The van der Waals surface area contributed by atoms with Gasteiger partial charge in [0.2, 0.25) is 12.5 Å². The molecule has 0 radical (unpaired) electrons. The summed E-state index contributed by atoms with van der Waals surface area (Å²) in [7, 11) is 4.68. The lowest BCUT2D eigenvalue weighted by Gasteiger charge is -2.45. The highest BCUT2D eigenvalue weighted by atomic mass is 16.7. The highest BCUT2D eigenvalue weighted by Gasteiger charge is 2.57. The molecular formula is C26H32O8. The second-order valence-corrected chi connectivity index (χ2v) is 9.96. The Balaban J connectivity index is 1.74. The Morgan fingerprint density at radius 2 is 1.59 bits per heavy atom. The monoisotopic (exact) mass is 472 g/mol. The van der Waals surface area contributed by atoms with Crippen LogP contribution in [0, 0.1) is 11.8 Å². The van der Waals surface area contributed by atoms with Gasteiger partial charge in [-0.3, -0.25) is 0 Å². The van der Waals surface area contributed by atoms with Gasteiger partial charge in [0.05, 0.1) is 39.5 Å². The van der Waals surface area contributed by atoms with E-state index in [4.69, 9.17) is 33.2 Å². The number of hydrogen-bond acceptors (Lipinski definition) is 8. The molecule has 2 aromatic carbocycles. The van der Waals surface area contributed by atoms with Crippen LogP contribution in [0.1, 0.15) is 37.5 Å². The number of methoxy groups -OCH3 is 3. The summed E-state index contributed by atoms with van der Waals surface area (Å²) >= 11 is 0. The quantitative estimate of drug-likeness (QED) is 0.706. The van der Waals surface area contributed by atoms with Gasteiger partial charge in [-0.2, -0.15) is 0 Å². The lowest BCUT2D eigenvalue weighted by atomic mass is 9.64. The summed E-state index contributed by atoms with van der Waals surface area (Å²) in [4.78, 5) is 0. The fourth-order valence-corrected chi connectivity index (χ4v) is 5.45. The van der Waals surface area contributed by atoms with E-state index < -0.39 is 17.5 Å². The number of ether oxygens (including phenoxy) is 7. The van der Waals surface area contributed by atoms with E-state index in [-0.39, 0.29) is 18.6 Å². The van der Waals surface area contributed by atoms with Crippen molar-refractivity contribution in [3.8, 4) is 28.7 Å². The van der Waals surface area contributed by atoms with E-state index in [9.17, 15) is 5.11 Å². The van der Waals surface area contributed by atoms with Gasteiger partial charge in [-0.05, 0) is 74.1 Å². The lowest BCUT2D eigenvalue weighted by Crippen LogP contribution is -2.49. The smallest absolute Gasteiger partial charge is 0.231 e. The number of benzene rings is 2. The normalized spacial score (nSPS) is 27.2. The van der Waals surface area contributed by atoms with Gasteiger partial charge in [0.1, 0.15) is 5.60 Å². The van der Waals surface area contributed by atoms with Crippen LogP contribution < -0.4 is 23.7 Å². The first kappa shape index (κ1) is 23.1. The van der Waals surface area contributed by atoms with Crippen LogP contribution in [-0.4, -0.2) is 51.7 Å². The summed E-state index contributed by atoms with van der Waals surface area (Å²) in [6.45, 7) is 6.59. The standard InChI is InChI=1S/C26H32O8/c1-25(2,3)34-24-22-15(12-31-24)7-14-8-18-19(33-13-32-18)11-17(14)26(22,27)16-9-20(28-4)23(30-6)21(10-16)29-5/h8-11,15,22,24,27H,7,12-13H2,1-6H3/t15-,22+,24-,26-/m0/s1. The van der Waals surface area contributed by atoms with E-state index in [2.05, 4.69) is 0 Å². The highest BCUT2D eigenvalue weighted by Crippen LogP contribution is 2.56. The first-order chi connectivity index (χ1) is 16.2. The van der Waals surface area contributed by atoms with Crippen molar-refractivity contribution in [2.45, 2.75) is 44.7 Å². The summed E-state index contributed by atoms with van der Waals surface area (Å²) in [5, 5.41) is 12.8. The molecule has 4 atom stereocenters. The Hall–Kier alpha value is -2.68. The van der Waals surface area contributed by atoms with Crippen molar-refractivity contribution in [2.24, 2.45) is 11.8 Å². The molecular weight excluding hydrogens is 440 g/mol. The second-order valence-electron chi connectivity index (χ2n) is 9.96. The van der Waals surface area contributed by atoms with Crippen molar-refractivity contribution in [1.29, 1.82) is 0 Å². The molecule has 2 aliphatic heterocycles. The van der Waals surface area contributed by atoms with Crippen molar-refractivity contribution in [3.63, 3.8) is 0 Å². The van der Waals surface area contributed by atoms with Crippen LogP contribution in [0.4, 0.5) is 0 Å². The predicted octanol–water partition coefficient (Wildman–Crippen LogP) is 3.64. The Labute approximate surface area is 199 Å². The zero-order valence-corrected chi connectivity index (χ0v) is 20.5. The number of rotatable bonds is 5. The Morgan fingerprint density at radius 3 is 2.18 bits per heavy atom. The average molecular weight is 473 g/mol. The van der Waals surface area contributed by atoms with Gasteiger partial charge in [0, 0.05) is 0 Å². The van der Waals surface area contributed by atoms with Gasteiger partial charge in [-0.25, -0.2) is 0 Å². The van der Waals surface area contributed by atoms with Gasteiger partial charge in [-0.15, -0.1) is 0 Å². The minimum Gasteiger partial charge on any atom is -0.493 e. The van der Waals surface area contributed by atoms with Crippen molar-refractivity contribution < 1.29 is 38.3 Å². The maximum atomic E-state index is 12.8. The molecule has 5 rings (SSSR count). The third-order valence-electron chi connectivity index (χ3n) is 6.82. The molecule has 0 unspecified atom stereocenters. The van der Waals surface area contributed by atoms with Crippen LogP contribution >= 0.6 is 0 Å². The third kappa shape index (κ3) is 3.56. The molecule has 0 amide bonds. The molecule has 1 fully saturated rings. The molecule has 1 aliphatic carbocycles. The SMILES string of the molecule is COc1cc([C@]2(O)c3cc4c(cc3C[C@H]3CO[C@@H](OC(C)(C)C)[C@@H]32)OCO4)cc(OC)c1OC. The van der Waals surface area contributed by atoms with Gasteiger partial charge >= 0.3 is 0 Å². The molecule has 0 aromatic heterocycles. The number of fused-ring (bicyclic) bond motifs is 3. The summed E-state index contributed by atoms with van der Waals surface area (Å²) < 4.78 is 40.5. The maximum Gasteiger partial charge on any atom is 0.231 e. The molecule has 0 spiro atoms. The fraction of sp³-hybridized carbons (Fsp3) is 0.538. The highest BCUT2D eigenvalue weighted by molar-refractivity contribution is 5.60. The third-order valence-corrected chi connectivity index (χ3v) is 6.82. The maximum absolute atomic E-state index is 12.8. The van der Waals surface area contributed by atoms with Crippen LogP contribution in [0.25, 0.3) is 0 Å². The lowest BCUT2D eigenvalue weighted by molar-refractivity contribution is -0.213. The van der Waals surface area contributed by atoms with Crippen LogP contribution in [0.2, 0.25) is 0 Å². The molecule has 2 heterocycles. The van der Waals surface area contributed by atoms with E-state index in [1.54, 1.807) is 33.5 Å². The van der Waals surface area contributed by atoms with Crippen molar-refractivity contribution in [1.82, 2.24) is 0 Å². The van der Waals surface area contributed by atoms with Gasteiger partial charge in [0.25, 0.3) is 0 Å². The first-order valence-corrected chi connectivity index (χ1v) is 11.4. The molecule has 2 aromatic rings. The number of hydrogen-bond donors (Lipinski definition) is 1. The minimum atomic E-state index is -1.47. The largest absolute Gasteiger partial charge is 0.493 e. The van der Waals surface area contributed by atoms with E-state index >= 15 is 0 Å². The van der Waals surface area contributed by atoms with Crippen LogP contribution in [0.15, 0.2) is 24.3 Å². The van der Waals surface area contributed by atoms with E-state index in [1.807, 2.05) is 32.9 Å². The van der Waals surface area contributed by atoms with Gasteiger partial charge in [0.15, 0.2) is 29.3 Å². The van der Waals surface area contributed by atoms with Gasteiger partial charge < -0.3 is 38.3 Å². The molecule has 1 N–H and O–H groups in total. The Kier molecular flexibility index (Phi) is 5.58. The molecule has 34 heavy (non-hydrogen) atoms. The second kappa shape index (κ2) is 8.22. The fourth-order valence-electron chi connectivity index (χ4n) is 5.45. The Morgan fingerprint density at radius 1 is 0.941 bits per heavy atom. The number of aliphatic hydroxyl groups is 1. The first-order valence-electron chi connectivity index (χ1n) is 11.4. The molecule has 0 saturated carbocycles. The van der Waals surface area contributed by atoms with Crippen molar-refractivity contribution in [3.05, 3.63) is 41.0 Å². The van der Waals surface area contributed by atoms with E-state index in [0.717, 1.165) is 17.5 Å². The molecule has 184 valence electrons. The average Bonchev–Trinajstić information content (AvgIpc) is 3.42. The zero-order chi connectivity index (χ0) is 24.3. The summed E-state index contributed by atoms with van der Waals surface area (Å²) in [6.07, 6.45) is 0.126. The van der Waals surface area contributed by atoms with E-state index in [0.29, 0.717) is 40.9 Å². The molecule has 3 aliphatic rings. The minimum absolute atomic E-state index is 0.0318. The summed E-state index contributed by atoms with van der Waals surface area (Å²) in [5.41, 5.74) is 0.399. The Bertz CT molecular complexity index is 1070. The molecule has 8 heteroatoms. The van der Waals surface area contributed by atoms with Gasteiger partial charge in [-0.1, -0.05) is 0 Å². The van der Waals surface area contributed by atoms with Crippen LogP contribution in [0.3, 0.4) is 0 Å². The van der Waals surface area contributed by atoms with Crippen LogP contribution in [-0.2, 0) is 21.5 Å². The summed E-state index contributed by atoms with van der Waals surface area (Å²) in [5.74, 6) is 2.33. The van der Waals surface area contributed by atoms with Crippen molar-refractivity contribution >= 4 is 0 Å². The summed E-state index contributed by atoms with van der Waals surface area (Å²) in [6, 6.07) is 7.44. The van der Waals surface area contributed by atoms with E-state index in [1.165, 1.54) is 0 Å². The van der Waals surface area contributed by atoms with Crippen molar-refractivity contribution in [2.75, 3.05) is 34.7 Å². The molecule has 1 saturated heterocycles.